The van der Waals surface area contributed by atoms with E-state index in [-0.39, 0.29) is 23.7 Å². The van der Waals surface area contributed by atoms with Crippen LogP contribution in [0.4, 0.5) is 5.00 Å². The maximum Gasteiger partial charge on any atom is 0.341 e. The van der Waals surface area contributed by atoms with E-state index < -0.39 is 0 Å². The Bertz CT molecular complexity index is 734. The van der Waals surface area contributed by atoms with Crippen LogP contribution in [0.3, 0.4) is 0 Å². The first-order chi connectivity index (χ1) is 11.6. The van der Waals surface area contributed by atoms with Gasteiger partial charge in [0.15, 0.2) is 0 Å². The molecule has 4 nitrogen and oxygen atoms in total. The fourth-order valence-corrected chi connectivity index (χ4v) is 3.67. The SMILES string of the molecule is CCOC(=O)c1cc(C(C)c2ccccc2)sc1NC(=O)C1CC1. The summed E-state index contributed by atoms with van der Waals surface area (Å²) in [6.07, 6.45) is 1.86. The third-order valence-corrected chi connectivity index (χ3v) is 5.39. The van der Waals surface area contributed by atoms with Crippen molar-refractivity contribution in [2.45, 2.75) is 32.6 Å². The van der Waals surface area contributed by atoms with Crippen molar-refractivity contribution in [3.8, 4) is 0 Å². The van der Waals surface area contributed by atoms with Crippen LogP contribution in [0, 0.1) is 5.92 Å². The van der Waals surface area contributed by atoms with Crippen LogP contribution < -0.4 is 5.32 Å². The zero-order valence-electron chi connectivity index (χ0n) is 13.9. The molecule has 0 saturated heterocycles. The first kappa shape index (κ1) is 16.7. The molecule has 1 saturated carbocycles. The van der Waals surface area contributed by atoms with Gasteiger partial charge in [0.25, 0.3) is 0 Å². The van der Waals surface area contributed by atoms with Crippen molar-refractivity contribution in [1.82, 2.24) is 0 Å². The average molecular weight is 343 g/mol. The molecular weight excluding hydrogens is 322 g/mol. The highest BCUT2D eigenvalue weighted by Crippen LogP contribution is 2.38. The molecule has 1 amide bonds. The summed E-state index contributed by atoms with van der Waals surface area (Å²) in [5.41, 5.74) is 1.63. The highest BCUT2D eigenvalue weighted by molar-refractivity contribution is 7.16. The number of hydrogen-bond donors (Lipinski definition) is 1. The number of thiophene rings is 1. The summed E-state index contributed by atoms with van der Waals surface area (Å²) >= 11 is 1.46. The summed E-state index contributed by atoms with van der Waals surface area (Å²) in [6, 6.07) is 12.0. The number of carbonyl (C=O) groups is 2. The van der Waals surface area contributed by atoms with E-state index in [1.165, 1.54) is 16.9 Å². The lowest BCUT2D eigenvalue weighted by molar-refractivity contribution is -0.117. The van der Waals surface area contributed by atoms with Crippen molar-refractivity contribution in [3.05, 3.63) is 52.4 Å². The van der Waals surface area contributed by atoms with E-state index in [1.807, 2.05) is 24.3 Å². The Kier molecular flexibility index (Phi) is 5.00. The van der Waals surface area contributed by atoms with Gasteiger partial charge in [-0.25, -0.2) is 4.79 Å². The number of esters is 1. The molecule has 0 spiro atoms. The Morgan fingerprint density at radius 3 is 2.62 bits per heavy atom. The van der Waals surface area contributed by atoms with Crippen LogP contribution in [-0.4, -0.2) is 18.5 Å². The monoisotopic (exact) mass is 343 g/mol. The second-order valence-electron chi connectivity index (χ2n) is 6.01. The highest BCUT2D eigenvalue weighted by atomic mass is 32.1. The van der Waals surface area contributed by atoms with E-state index in [9.17, 15) is 9.59 Å². The number of hydrogen-bond acceptors (Lipinski definition) is 4. The second-order valence-corrected chi connectivity index (χ2v) is 7.09. The maximum atomic E-state index is 12.2. The summed E-state index contributed by atoms with van der Waals surface area (Å²) in [5.74, 6) is -0.138. The number of carbonyl (C=O) groups excluding carboxylic acids is 2. The van der Waals surface area contributed by atoms with Gasteiger partial charge in [-0.2, -0.15) is 0 Å². The minimum absolute atomic E-state index is 0.00122. The van der Waals surface area contributed by atoms with E-state index in [0.29, 0.717) is 17.2 Å². The molecule has 3 rings (SSSR count). The number of ether oxygens (including phenoxy) is 1. The van der Waals surface area contributed by atoms with Crippen molar-refractivity contribution in [1.29, 1.82) is 0 Å². The molecular formula is C19H21NO3S. The van der Waals surface area contributed by atoms with Gasteiger partial charge in [-0.3, -0.25) is 4.79 Å². The van der Waals surface area contributed by atoms with Crippen molar-refractivity contribution < 1.29 is 14.3 Å². The van der Waals surface area contributed by atoms with Crippen molar-refractivity contribution >= 4 is 28.2 Å². The predicted molar refractivity (Wildman–Crippen MR) is 95.6 cm³/mol. The standard InChI is InChI=1S/C19H21NO3S/c1-3-23-19(22)15-11-16(12(2)13-7-5-4-6-8-13)24-18(15)20-17(21)14-9-10-14/h4-8,11-12,14H,3,9-10H2,1-2H3,(H,20,21). The van der Waals surface area contributed by atoms with Crippen molar-refractivity contribution in [2.75, 3.05) is 11.9 Å². The van der Waals surface area contributed by atoms with Gasteiger partial charge in [0.05, 0.1) is 12.2 Å². The van der Waals surface area contributed by atoms with Gasteiger partial charge >= 0.3 is 5.97 Å². The zero-order valence-corrected chi connectivity index (χ0v) is 14.7. The second kappa shape index (κ2) is 7.18. The van der Waals surface area contributed by atoms with Crippen LogP contribution in [-0.2, 0) is 9.53 Å². The minimum Gasteiger partial charge on any atom is -0.462 e. The number of benzene rings is 1. The third-order valence-electron chi connectivity index (χ3n) is 4.16. The number of rotatable bonds is 6. The Morgan fingerprint density at radius 2 is 2.00 bits per heavy atom. The lowest BCUT2D eigenvalue weighted by atomic mass is 9.99. The van der Waals surface area contributed by atoms with Crippen LogP contribution in [0.2, 0.25) is 0 Å². The molecule has 1 aliphatic rings. The van der Waals surface area contributed by atoms with E-state index in [1.54, 1.807) is 6.92 Å². The summed E-state index contributed by atoms with van der Waals surface area (Å²) in [7, 11) is 0. The van der Waals surface area contributed by atoms with Gasteiger partial charge in [-0.05, 0) is 31.4 Å². The Morgan fingerprint density at radius 1 is 1.29 bits per heavy atom. The molecule has 1 unspecified atom stereocenters. The van der Waals surface area contributed by atoms with Crippen molar-refractivity contribution in [3.63, 3.8) is 0 Å². The van der Waals surface area contributed by atoms with Gasteiger partial charge in [0.2, 0.25) is 5.91 Å². The normalized spacial score (nSPS) is 14.9. The number of nitrogens with one attached hydrogen (secondary N) is 1. The Hall–Kier alpha value is -2.14. The molecule has 2 aromatic rings. The number of anilines is 1. The predicted octanol–water partition coefficient (Wildman–Crippen LogP) is 4.43. The van der Waals surface area contributed by atoms with E-state index in [4.69, 9.17) is 4.74 Å². The first-order valence-corrected chi connectivity index (χ1v) is 9.08. The molecule has 126 valence electrons. The fraction of sp³-hybridized carbons (Fsp3) is 0.368. The molecule has 0 radical (unpaired) electrons. The fourth-order valence-electron chi connectivity index (χ4n) is 2.54. The van der Waals surface area contributed by atoms with E-state index >= 15 is 0 Å². The van der Waals surface area contributed by atoms with E-state index in [2.05, 4.69) is 24.4 Å². The molecule has 1 aromatic carbocycles. The summed E-state index contributed by atoms with van der Waals surface area (Å²) in [4.78, 5) is 25.4. The summed E-state index contributed by atoms with van der Waals surface area (Å²) in [6.45, 7) is 4.19. The van der Waals surface area contributed by atoms with Gasteiger partial charge < -0.3 is 10.1 Å². The third kappa shape index (κ3) is 3.67. The molecule has 1 atom stereocenters. The Balaban J connectivity index is 1.89. The minimum atomic E-state index is -0.383. The lowest BCUT2D eigenvalue weighted by Gasteiger charge is -2.09. The molecule has 1 N–H and O–H groups in total. The smallest absolute Gasteiger partial charge is 0.341 e. The van der Waals surface area contributed by atoms with Crippen molar-refractivity contribution in [2.24, 2.45) is 5.92 Å². The highest BCUT2D eigenvalue weighted by Gasteiger charge is 2.31. The zero-order chi connectivity index (χ0) is 17.1. The maximum absolute atomic E-state index is 12.2. The summed E-state index contributed by atoms with van der Waals surface area (Å²) < 4.78 is 5.14. The molecule has 1 aliphatic carbocycles. The quantitative estimate of drug-likeness (QED) is 0.790. The molecule has 0 aliphatic heterocycles. The topological polar surface area (TPSA) is 55.4 Å². The summed E-state index contributed by atoms with van der Waals surface area (Å²) in [5, 5.41) is 3.52. The largest absolute Gasteiger partial charge is 0.462 e. The average Bonchev–Trinajstić information content (AvgIpc) is 3.36. The van der Waals surface area contributed by atoms with Crippen LogP contribution in [0.25, 0.3) is 0 Å². The molecule has 1 aromatic heterocycles. The first-order valence-electron chi connectivity index (χ1n) is 8.26. The molecule has 0 bridgehead atoms. The van der Waals surface area contributed by atoms with Crippen LogP contribution in [0.15, 0.2) is 36.4 Å². The van der Waals surface area contributed by atoms with E-state index in [0.717, 1.165) is 17.7 Å². The lowest BCUT2D eigenvalue weighted by Crippen LogP contribution is -2.15. The number of amides is 1. The van der Waals surface area contributed by atoms with Gasteiger partial charge in [-0.1, -0.05) is 37.3 Å². The van der Waals surface area contributed by atoms with Gasteiger partial charge in [-0.15, -0.1) is 11.3 Å². The van der Waals surface area contributed by atoms with Crippen LogP contribution in [0.5, 0.6) is 0 Å². The molecule has 5 heteroatoms. The van der Waals surface area contributed by atoms with Crippen LogP contribution in [0.1, 0.15) is 53.4 Å². The van der Waals surface area contributed by atoms with Gasteiger partial charge in [0.1, 0.15) is 5.00 Å². The Labute approximate surface area is 145 Å². The molecule has 1 fully saturated rings. The molecule has 1 heterocycles. The van der Waals surface area contributed by atoms with Gasteiger partial charge in [0, 0.05) is 16.7 Å². The molecule has 24 heavy (non-hydrogen) atoms. The van der Waals surface area contributed by atoms with Crippen LogP contribution >= 0.6 is 11.3 Å².